The van der Waals surface area contributed by atoms with Crippen LogP contribution in [0, 0.1) is 5.92 Å². The van der Waals surface area contributed by atoms with E-state index in [1.54, 1.807) is 23.9 Å². The fourth-order valence-electron chi connectivity index (χ4n) is 3.56. The summed E-state index contributed by atoms with van der Waals surface area (Å²) in [4.78, 5) is 35.3. The minimum absolute atomic E-state index is 0.0208. The van der Waals surface area contributed by atoms with Crippen molar-refractivity contribution in [2.24, 2.45) is 18.0 Å². The first-order valence-electron chi connectivity index (χ1n) is 9.58. The highest BCUT2D eigenvalue weighted by molar-refractivity contribution is 5.89. The van der Waals surface area contributed by atoms with Gasteiger partial charge in [0.25, 0.3) is 5.56 Å². The summed E-state index contributed by atoms with van der Waals surface area (Å²) in [5, 5.41) is 8.02. The summed E-state index contributed by atoms with van der Waals surface area (Å²) in [6.07, 6.45) is 3.42. The number of amides is 1. The number of ether oxygens (including phenoxy) is 1. The molecule has 0 bridgehead atoms. The van der Waals surface area contributed by atoms with Crippen LogP contribution in [0.3, 0.4) is 0 Å². The van der Waals surface area contributed by atoms with Crippen molar-refractivity contribution in [1.29, 1.82) is 0 Å². The molecule has 3 aromatic rings. The van der Waals surface area contributed by atoms with E-state index in [2.05, 4.69) is 25.4 Å². The lowest BCUT2D eigenvalue weighted by Crippen LogP contribution is -2.26. The van der Waals surface area contributed by atoms with E-state index >= 15 is 0 Å². The molecule has 1 saturated heterocycles. The zero-order valence-corrected chi connectivity index (χ0v) is 17.0. The number of nitrogen functional groups attached to an aromatic ring is 1. The maximum Gasteiger partial charge on any atom is 0.259 e. The lowest BCUT2D eigenvalue weighted by atomic mass is 10.0. The third-order valence-electron chi connectivity index (χ3n) is 5.19. The van der Waals surface area contributed by atoms with Crippen LogP contribution >= 0.6 is 0 Å². The molecular formula is C20H23N7O3. The van der Waals surface area contributed by atoms with E-state index in [1.165, 1.54) is 6.21 Å². The monoisotopic (exact) mass is 409 g/mol. The predicted molar refractivity (Wildman–Crippen MR) is 114 cm³/mol. The molecule has 4 heterocycles. The smallest absolute Gasteiger partial charge is 0.259 e. The van der Waals surface area contributed by atoms with Crippen LogP contribution in [0.2, 0.25) is 0 Å². The predicted octanol–water partition coefficient (Wildman–Crippen LogP) is 0.858. The van der Waals surface area contributed by atoms with Gasteiger partial charge < -0.3 is 20.8 Å². The van der Waals surface area contributed by atoms with Crippen LogP contribution in [0.15, 0.2) is 28.1 Å². The second kappa shape index (κ2) is 7.62. The molecule has 4 N–H and O–H groups in total. The molecule has 30 heavy (non-hydrogen) atoms. The molecule has 1 aliphatic rings. The molecule has 0 radical (unpaired) electrons. The molecular weight excluding hydrogens is 386 g/mol. The Labute approximate surface area is 172 Å². The minimum Gasteiger partial charge on any atom is -0.474 e. The summed E-state index contributed by atoms with van der Waals surface area (Å²) in [5.41, 5.74) is 7.89. The van der Waals surface area contributed by atoms with E-state index in [0.29, 0.717) is 47.0 Å². The van der Waals surface area contributed by atoms with Gasteiger partial charge in [-0.25, -0.2) is 4.98 Å². The number of rotatable bonds is 5. The number of aliphatic imine (C=N–C) groups is 1. The summed E-state index contributed by atoms with van der Waals surface area (Å²) >= 11 is 0. The number of aromatic amines is 1. The van der Waals surface area contributed by atoms with Gasteiger partial charge in [0.15, 0.2) is 0 Å². The van der Waals surface area contributed by atoms with Gasteiger partial charge in [-0.2, -0.15) is 5.10 Å². The third-order valence-corrected chi connectivity index (χ3v) is 5.19. The van der Waals surface area contributed by atoms with Crippen molar-refractivity contribution in [3.05, 3.63) is 34.2 Å². The highest BCUT2D eigenvalue weighted by atomic mass is 16.5. The SMILES string of the molecule is CN=Cc1c(N)cc(-c2cc3nn(C)cc3c(O[C@H](C)[C@H]3CNC(=O)C3)n2)[nH]c1=O. The lowest BCUT2D eigenvalue weighted by molar-refractivity contribution is -0.119. The number of fused-ring (bicyclic) bond motifs is 1. The zero-order chi connectivity index (χ0) is 21.4. The standard InChI is InChI=1S/C20H23N7O3/c1-10(11-4-18(28)23-7-11)30-20-13-9-27(3)26-15(13)6-17(25-20)16-5-14(21)12(8-22-2)19(29)24-16/h5-6,8-11H,4,7H2,1-3H3,(H,23,28)(H3,21,24,29)/t10-,11-/m1/s1. The van der Waals surface area contributed by atoms with E-state index in [-0.39, 0.29) is 23.5 Å². The van der Waals surface area contributed by atoms with Crippen molar-refractivity contribution in [2.75, 3.05) is 19.3 Å². The molecule has 156 valence electrons. The van der Waals surface area contributed by atoms with Gasteiger partial charge >= 0.3 is 0 Å². The topological polar surface area (TPSA) is 140 Å². The largest absolute Gasteiger partial charge is 0.474 e. The number of pyridine rings is 2. The van der Waals surface area contributed by atoms with Gasteiger partial charge in [-0.3, -0.25) is 19.3 Å². The van der Waals surface area contributed by atoms with Crippen LogP contribution in [-0.2, 0) is 11.8 Å². The first-order chi connectivity index (χ1) is 14.4. The summed E-state index contributed by atoms with van der Waals surface area (Å²) in [5.74, 6) is 0.464. The maximum atomic E-state index is 12.4. The Morgan fingerprint density at radius 2 is 2.20 bits per heavy atom. The van der Waals surface area contributed by atoms with Gasteiger partial charge in [0, 0.05) is 51.1 Å². The van der Waals surface area contributed by atoms with Crippen LogP contribution < -0.4 is 21.3 Å². The van der Waals surface area contributed by atoms with E-state index in [4.69, 9.17) is 10.5 Å². The van der Waals surface area contributed by atoms with Crippen LogP contribution in [-0.4, -0.2) is 51.6 Å². The molecule has 2 atom stereocenters. The molecule has 10 nitrogen and oxygen atoms in total. The normalized spacial score (nSPS) is 17.6. The Hall–Kier alpha value is -3.69. The first kappa shape index (κ1) is 19.6. The average molecular weight is 409 g/mol. The third kappa shape index (κ3) is 3.63. The van der Waals surface area contributed by atoms with Crippen molar-refractivity contribution < 1.29 is 9.53 Å². The molecule has 0 unspecified atom stereocenters. The number of H-pyrrole nitrogens is 1. The van der Waals surface area contributed by atoms with Crippen molar-refractivity contribution in [2.45, 2.75) is 19.4 Å². The Kier molecular flexibility index (Phi) is 4.98. The number of nitrogens with zero attached hydrogens (tertiary/aromatic N) is 4. The number of nitrogens with two attached hydrogens (primary N) is 1. The number of anilines is 1. The number of nitrogens with one attached hydrogen (secondary N) is 2. The van der Waals surface area contributed by atoms with E-state index in [1.807, 2.05) is 20.2 Å². The summed E-state index contributed by atoms with van der Waals surface area (Å²) in [7, 11) is 3.38. The van der Waals surface area contributed by atoms with Crippen molar-refractivity contribution in [1.82, 2.24) is 25.1 Å². The number of aryl methyl sites for hydroxylation is 1. The van der Waals surface area contributed by atoms with Crippen LogP contribution in [0.4, 0.5) is 5.69 Å². The Balaban J connectivity index is 1.77. The molecule has 1 amide bonds. The second-order valence-corrected chi connectivity index (χ2v) is 7.41. The van der Waals surface area contributed by atoms with Gasteiger partial charge in [-0.1, -0.05) is 0 Å². The average Bonchev–Trinajstić information content (AvgIpc) is 3.29. The number of carbonyl (C=O) groups is 1. The molecule has 0 saturated carbocycles. The first-order valence-corrected chi connectivity index (χ1v) is 9.58. The van der Waals surface area contributed by atoms with Crippen molar-refractivity contribution in [3.63, 3.8) is 0 Å². The van der Waals surface area contributed by atoms with Gasteiger partial charge in [-0.05, 0) is 19.1 Å². The highest BCUT2D eigenvalue weighted by Gasteiger charge is 2.29. The summed E-state index contributed by atoms with van der Waals surface area (Å²) < 4.78 is 7.83. The molecule has 0 aromatic carbocycles. The Morgan fingerprint density at radius 3 is 2.87 bits per heavy atom. The van der Waals surface area contributed by atoms with Crippen LogP contribution in [0.5, 0.6) is 5.88 Å². The summed E-state index contributed by atoms with van der Waals surface area (Å²) in [6, 6.07) is 3.41. The maximum absolute atomic E-state index is 12.4. The molecule has 4 rings (SSSR count). The quantitative estimate of drug-likeness (QED) is 0.534. The van der Waals surface area contributed by atoms with Gasteiger partial charge in [0.05, 0.1) is 27.9 Å². The molecule has 0 aliphatic carbocycles. The van der Waals surface area contributed by atoms with Crippen molar-refractivity contribution >= 4 is 28.7 Å². The molecule has 1 aliphatic heterocycles. The summed E-state index contributed by atoms with van der Waals surface area (Å²) in [6.45, 7) is 2.49. The Morgan fingerprint density at radius 1 is 1.40 bits per heavy atom. The zero-order valence-electron chi connectivity index (χ0n) is 17.0. The van der Waals surface area contributed by atoms with Gasteiger partial charge in [-0.15, -0.1) is 0 Å². The lowest BCUT2D eigenvalue weighted by Gasteiger charge is -2.19. The van der Waals surface area contributed by atoms with E-state index < -0.39 is 0 Å². The highest BCUT2D eigenvalue weighted by Crippen LogP contribution is 2.30. The van der Waals surface area contributed by atoms with Gasteiger partial charge in [0.2, 0.25) is 11.8 Å². The molecule has 1 fully saturated rings. The van der Waals surface area contributed by atoms with Gasteiger partial charge in [0.1, 0.15) is 6.10 Å². The van der Waals surface area contributed by atoms with E-state index in [0.717, 1.165) is 5.39 Å². The van der Waals surface area contributed by atoms with Crippen LogP contribution in [0.1, 0.15) is 18.9 Å². The molecule has 0 spiro atoms. The number of aromatic nitrogens is 4. The second-order valence-electron chi connectivity index (χ2n) is 7.41. The fraction of sp³-hybridized carbons (Fsp3) is 0.350. The van der Waals surface area contributed by atoms with E-state index in [9.17, 15) is 9.59 Å². The Bertz CT molecular complexity index is 1210. The molecule has 10 heteroatoms. The number of hydrogen-bond acceptors (Lipinski definition) is 7. The number of hydrogen-bond donors (Lipinski definition) is 3. The van der Waals surface area contributed by atoms with Crippen molar-refractivity contribution in [3.8, 4) is 17.3 Å². The molecule has 3 aromatic heterocycles. The fourth-order valence-corrected chi connectivity index (χ4v) is 3.56. The van der Waals surface area contributed by atoms with Crippen LogP contribution in [0.25, 0.3) is 22.3 Å². The minimum atomic E-state index is -0.357. The number of carbonyl (C=O) groups excluding carboxylic acids is 1.